The molecule has 1 unspecified atom stereocenters. The fourth-order valence-electron chi connectivity index (χ4n) is 2.25. The predicted molar refractivity (Wildman–Crippen MR) is 78.0 cm³/mol. The van der Waals surface area contributed by atoms with Crippen molar-refractivity contribution >= 4 is 0 Å². The second-order valence-corrected chi connectivity index (χ2v) is 5.09. The Bertz CT molecular complexity index is 629. The summed E-state index contributed by atoms with van der Waals surface area (Å²) in [5.41, 5.74) is 3.18. The highest BCUT2D eigenvalue weighted by Gasteiger charge is 2.18. The molecule has 1 N–H and O–H groups in total. The highest BCUT2D eigenvalue weighted by atomic mass is 19.2. The second-order valence-electron chi connectivity index (χ2n) is 5.09. The Morgan fingerprint density at radius 1 is 1.10 bits per heavy atom. The van der Waals surface area contributed by atoms with Crippen LogP contribution in [0.5, 0.6) is 0 Å². The number of hydrogen-bond acceptors (Lipinski definition) is 3. The summed E-state index contributed by atoms with van der Waals surface area (Å²) in [5.74, 6) is -1.68. The average Bonchev–Trinajstić information content (AvgIpc) is 2.46. The third-order valence-corrected chi connectivity index (χ3v) is 3.33. The normalized spacial score (nSPS) is 12.4. The van der Waals surface area contributed by atoms with Gasteiger partial charge in [0.2, 0.25) is 0 Å². The lowest BCUT2D eigenvalue weighted by Crippen LogP contribution is -2.24. The van der Waals surface area contributed by atoms with Crippen LogP contribution >= 0.6 is 0 Å². The molecule has 0 radical (unpaired) electrons. The molecule has 5 heteroatoms. The van der Waals surface area contributed by atoms with Crippen molar-refractivity contribution in [2.24, 2.45) is 0 Å². The second kappa shape index (κ2) is 6.72. The number of hydrogen-bond donors (Lipinski definition) is 1. The lowest BCUT2D eigenvalue weighted by atomic mass is 9.97. The maximum Gasteiger partial charge on any atom is 0.159 e. The van der Waals surface area contributed by atoms with Gasteiger partial charge in [-0.15, -0.1) is 0 Å². The predicted octanol–water partition coefficient (Wildman–Crippen LogP) is 3.46. The van der Waals surface area contributed by atoms with E-state index in [1.807, 2.05) is 19.9 Å². The van der Waals surface area contributed by atoms with Gasteiger partial charge < -0.3 is 5.32 Å². The molecule has 0 amide bonds. The van der Waals surface area contributed by atoms with Crippen LogP contribution in [0.15, 0.2) is 24.3 Å². The standard InChI is InChI=1S/C16H19F2N3/c1-4-7-19-16(12-5-6-14(17)15(18)9-12)13-8-10(2)20-21-11(13)3/h5-6,8-9,16,19H,4,7H2,1-3H3. The van der Waals surface area contributed by atoms with Gasteiger partial charge in [0.1, 0.15) is 0 Å². The molecule has 0 saturated heterocycles. The van der Waals surface area contributed by atoms with E-state index >= 15 is 0 Å². The van der Waals surface area contributed by atoms with Gasteiger partial charge in [0.25, 0.3) is 0 Å². The molecule has 0 aliphatic heterocycles. The van der Waals surface area contributed by atoms with Crippen LogP contribution in [0.2, 0.25) is 0 Å². The molecule has 2 aromatic rings. The molecule has 3 nitrogen and oxygen atoms in total. The summed E-state index contributed by atoms with van der Waals surface area (Å²) in [7, 11) is 0. The van der Waals surface area contributed by atoms with E-state index < -0.39 is 11.6 Å². The van der Waals surface area contributed by atoms with E-state index in [-0.39, 0.29) is 6.04 Å². The van der Waals surface area contributed by atoms with E-state index in [2.05, 4.69) is 22.4 Å². The molecule has 0 bridgehead atoms. The zero-order valence-electron chi connectivity index (χ0n) is 12.5. The quantitative estimate of drug-likeness (QED) is 0.916. The van der Waals surface area contributed by atoms with Crippen molar-refractivity contribution in [3.05, 3.63) is 58.4 Å². The molecule has 2 rings (SSSR count). The summed E-state index contributed by atoms with van der Waals surface area (Å²) >= 11 is 0. The zero-order valence-corrected chi connectivity index (χ0v) is 12.5. The van der Waals surface area contributed by atoms with Crippen molar-refractivity contribution in [1.82, 2.24) is 15.5 Å². The van der Waals surface area contributed by atoms with Crippen LogP contribution in [0, 0.1) is 25.5 Å². The highest BCUT2D eigenvalue weighted by molar-refractivity contribution is 5.34. The van der Waals surface area contributed by atoms with Crippen LogP contribution in [-0.4, -0.2) is 16.7 Å². The van der Waals surface area contributed by atoms with Gasteiger partial charge in [0.15, 0.2) is 11.6 Å². The maximum atomic E-state index is 13.5. The number of rotatable bonds is 5. The largest absolute Gasteiger partial charge is 0.306 e. The van der Waals surface area contributed by atoms with E-state index in [0.717, 1.165) is 36.0 Å². The smallest absolute Gasteiger partial charge is 0.159 e. The molecule has 0 fully saturated rings. The third-order valence-electron chi connectivity index (χ3n) is 3.33. The van der Waals surface area contributed by atoms with Gasteiger partial charge in [-0.2, -0.15) is 10.2 Å². The fourth-order valence-corrected chi connectivity index (χ4v) is 2.25. The molecule has 0 spiro atoms. The minimum atomic E-state index is -0.841. The zero-order chi connectivity index (χ0) is 15.4. The lowest BCUT2D eigenvalue weighted by molar-refractivity contribution is 0.502. The van der Waals surface area contributed by atoms with Gasteiger partial charge >= 0.3 is 0 Å². The van der Waals surface area contributed by atoms with Crippen LogP contribution in [0.4, 0.5) is 8.78 Å². The van der Waals surface area contributed by atoms with Gasteiger partial charge in [-0.05, 0) is 56.1 Å². The Labute approximate surface area is 123 Å². The van der Waals surface area contributed by atoms with Gasteiger partial charge in [-0.25, -0.2) is 8.78 Å². The molecular formula is C16H19F2N3. The van der Waals surface area contributed by atoms with Crippen LogP contribution in [0.1, 0.15) is 41.9 Å². The maximum absolute atomic E-state index is 13.5. The van der Waals surface area contributed by atoms with Gasteiger partial charge in [-0.3, -0.25) is 0 Å². The van der Waals surface area contributed by atoms with Crippen LogP contribution in [0.3, 0.4) is 0 Å². The van der Waals surface area contributed by atoms with E-state index in [1.165, 1.54) is 6.07 Å². The van der Waals surface area contributed by atoms with Crippen molar-refractivity contribution in [3.8, 4) is 0 Å². The number of benzene rings is 1. The monoisotopic (exact) mass is 291 g/mol. The Balaban J connectivity index is 2.46. The number of halogens is 2. The van der Waals surface area contributed by atoms with Crippen LogP contribution in [0.25, 0.3) is 0 Å². The van der Waals surface area contributed by atoms with E-state index in [9.17, 15) is 8.78 Å². The number of nitrogens with one attached hydrogen (secondary N) is 1. The van der Waals surface area contributed by atoms with Crippen molar-refractivity contribution in [3.63, 3.8) is 0 Å². The van der Waals surface area contributed by atoms with E-state index in [1.54, 1.807) is 6.07 Å². The van der Waals surface area contributed by atoms with Crippen molar-refractivity contribution in [2.75, 3.05) is 6.54 Å². The number of aryl methyl sites for hydroxylation is 2. The van der Waals surface area contributed by atoms with Gasteiger partial charge in [0, 0.05) is 0 Å². The Kier molecular flexibility index (Phi) is 4.96. The molecule has 112 valence electrons. The minimum Gasteiger partial charge on any atom is -0.306 e. The van der Waals surface area contributed by atoms with Crippen molar-refractivity contribution in [1.29, 1.82) is 0 Å². The first-order chi connectivity index (χ1) is 10.0. The summed E-state index contributed by atoms with van der Waals surface area (Å²) in [6, 6.07) is 5.69. The summed E-state index contributed by atoms with van der Waals surface area (Å²) in [6.45, 7) is 6.54. The lowest BCUT2D eigenvalue weighted by Gasteiger charge is -2.21. The highest BCUT2D eigenvalue weighted by Crippen LogP contribution is 2.25. The number of nitrogens with zero attached hydrogens (tertiary/aromatic N) is 2. The fraction of sp³-hybridized carbons (Fsp3) is 0.375. The SMILES string of the molecule is CCCNC(c1ccc(F)c(F)c1)c1cc(C)nnc1C. The third kappa shape index (κ3) is 3.61. The molecule has 1 aromatic carbocycles. The van der Waals surface area contributed by atoms with Crippen molar-refractivity contribution < 1.29 is 8.78 Å². The summed E-state index contributed by atoms with van der Waals surface area (Å²) in [6.07, 6.45) is 0.941. The molecule has 0 aliphatic carbocycles. The molecule has 1 heterocycles. The molecule has 21 heavy (non-hydrogen) atoms. The summed E-state index contributed by atoms with van der Waals surface area (Å²) in [4.78, 5) is 0. The van der Waals surface area contributed by atoms with E-state index in [0.29, 0.717) is 5.56 Å². The van der Waals surface area contributed by atoms with Crippen LogP contribution in [-0.2, 0) is 0 Å². The first-order valence-corrected chi connectivity index (χ1v) is 7.02. The Hall–Kier alpha value is -1.88. The first-order valence-electron chi connectivity index (χ1n) is 7.02. The molecule has 1 aromatic heterocycles. The Morgan fingerprint density at radius 3 is 2.52 bits per heavy atom. The molecule has 1 atom stereocenters. The number of aromatic nitrogens is 2. The van der Waals surface area contributed by atoms with Gasteiger partial charge in [0.05, 0.1) is 17.4 Å². The molecule has 0 aliphatic rings. The average molecular weight is 291 g/mol. The molecular weight excluding hydrogens is 272 g/mol. The summed E-state index contributed by atoms with van der Waals surface area (Å²) in [5, 5.41) is 11.5. The topological polar surface area (TPSA) is 37.8 Å². The molecule has 0 saturated carbocycles. The van der Waals surface area contributed by atoms with Crippen LogP contribution < -0.4 is 5.32 Å². The van der Waals surface area contributed by atoms with Crippen molar-refractivity contribution in [2.45, 2.75) is 33.2 Å². The van der Waals surface area contributed by atoms with Gasteiger partial charge in [-0.1, -0.05) is 13.0 Å². The minimum absolute atomic E-state index is 0.228. The first kappa shape index (κ1) is 15.5. The Morgan fingerprint density at radius 2 is 1.86 bits per heavy atom. The van der Waals surface area contributed by atoms with E-state index in [4.69, 9.17) is 0 Å². The summed E-state index contributed by atoms with van der Waals surface area (Å²) < 4.78 is 26.7.